The first-order valence-corrected chi connectivity index (χ1v) is 1.72. The second kappa shape index (κ2) is 23.4. The molecule has 0 saturated heterocycles. The smallest absolute Gasteiger partial charge is 0.215 e. The van der Waals surface area contributed by atoms with Crippen LogP contribution in [0.25, 0.3) is 0 Å². The van der Waals surface area contributed by atoms with Crippen molar-refractivity contribution in [2.75, 3.05) is 14.0 Å². The normalized spacial score (nSPS) is 10.4. The summed E-state index contributed by atoms with van der Waals surface area (Å²) in [6.07, 6.45) is 0.875. The highest BCUT2D eigenvalue weighted by Gasteiger charge is 1.79. The summed E-state index contributed by atoms with van der Waals surface area (Å²) in [4.78, 5) is 19.8. The van der Waals surface area contributed by atoms with Gasteiger partial charge in [0.05, 0.1) is 0 Å². The van der Waals surface area contributed by atoms with E-state index in [1.807, 2.05) is 0 Å². The van der Waals surface area contributed by atoms with E-state index in [-0.39, 0.29) is 24.8 Å². The first-order chi connectivity index (χ1) is 4.81. The maximum atomic E-state index is 9.43. The molecule has 0 aromatic carbocycles. The monoisotopic (exact) mass is 193 g/mol. The van der Waals surface area contributed by atoms with Crippen molar-refractivity contribution >= 4 is 37.6 Å². The average Bonchev–Trinajstić information content (AvgIpc) is 1.83. The predicted molar refractivity (Wildman–Crippen MR) is 44.5 cm³/mol. The molecule has 0 unspecified atom stereocenters. The third kappa shape index (κ3) is 25.3. The van der Waals surface area contributed by atoms with Crippen LogP contribution in [-0.2, 0) is 9.59 Å². The van der Waals surface area contributed by atoms with Crippen LogP contribution < -0.4 is 5.73 Å². The Bertz CT molecular complexity index is 119. The lowest BCUT2D eigenvalue weighted by Gasteiger charge is -1.91. The molecule has 0 bridgehead atoms. The van der Waals surface area contributed by atoms with Crippen LogP contribution in [0.4, 0.5) is 0 Å². The van der Waals surface area contributed by atoms with Crippen LogP contribution in [0.2, 0.25) is 0 Å². The summed E-state index contributed by atoms with van der Waals surface area (Å²) in [5.41, 5.74) is 4.35. The van der Waals surface area contributed by atoms with Crippen molar-refractivity contribution in [1.82, 2.24) is 4.90 Å². The van der Waals surface area contributed by atoms with Crippen LogP contribution in [0.3, 0.4) is 0 Å². The Morgan fingerprint density at radius 2 is 1.60 bits per heavy atom. The second-order valence-corrected chi connectivity index (χ2v) is 0.876. The van der Waals surface area contributed by atoms with E-state index in [1.54, 1.807) is 0 Å². The zero-order valence-corrected chi connectivity index (χ0v) is 6.95. The minimum absolute atomic E-state index is 0. The fraction of sp³-hybridized carbons (Fsp3) is 0.500. The number of amides is 2. The highest BCUT2D eigenvalue weighted by Crippen LogP contribution is 1.55. The molecule has 0 aromatic heterocycles. The Labute approximate surface area is 76.8 Å². The van der Waals surface area contributed by atoms with Crippen molar-refractivity contribution in [3.05, 3.63) is 0 Å². The lowest BCUT2D eigenvalue weighted by Crippen LogP contribution is -2.11. The molecule has 2 amide bonds. The summed E-state index contributed by atoms with van der Waals surface area (Å²) in [5, 5.41) is 0. The van der Waals surface area contributed by atoms with Crippen molar-refractivity contribution < 1.29 is 13.7 Å². The number of carbonyl (C=O) groups is 2. The van der Waals surface area contributed by atoms with Gasteiger partial charge in [0.1, 0.15) is 0 Å². The molecule has 0 heterocycles. The summed E-state index contributed by atoms with van der Waals surface area (Å²) < 4.78 is 18.1. The molecule has 0 aliphatic heterocycles. The Morgan fingerprint density at radius 3 is 1.60 bits per heavy atom. The minimum Gasteiger partial charge on any atom is -0.333 e. The quantitative estimate of drug-likeness (QED) is 0.611. The van der Waals surface area contributed by atoms with Crippen LogP contribution >= 0.6 is 24.8 Å². The highest BCUT2D eigenvalue weighted by atomic mass is 35.5. The van der Waals surface area contributed by atoms with Crippen LogP contribution in [0.5, 0.6) is 0 Å². The zero-order valence-electron chi connectivity index (χ0n) is 8.31. The number of hydrogen-bond donors (Lipinski definition) is 1. The van der Waals surface area contributed by atoms with Gasteiger partial charge < -0.3 is 5.73 Å². The molecule has 0 atom stereocenters. The van der Waals surface area contributed by atoms with E-state index in [9.17, 15) is 9.59 Å². The number of hydrogen-bond acceptors (Lipinski definition) is 3. The molecule has 4 nitrogen and oxygen atoms in total. The number of nitrogens with zero attached hydrogens (tertiary/aromatic N) is 1. The average molecular weight is 194 g/mol. The van der Waals surface area contributed by atoms with Gasteiger partial charge in [-0.2, -0.15) is 0 Å². The number of halogens is 2. The standard InChI is InChI=1S/C3H5NO2.CH5N.2ClH/c1-4(2-5)3-6;1-2;;/h2-3H,1H3;2H2,1H3;2*1H/i;1D3;;. The van der Waals surface area contributed by atoms with E-state index < -0.39 is 6.98 Å². The first-order valence-electron chi connectivity index (χ1n) is 3.22. The molecule has 0 aromatic rings. The van der Waals surface area contributed by atoms with Gasteiger partial charge >= 0.3 is 0 Å². The summed E-state index contributed by atoms with van der Waals surface area (Å²) in [7, 11) is 1.38. The van der Waals surface area contributed by atoms with Crippen LogP contribution in [-0.4, -0.2) is 31.7 Å². The molecule has 0 radical (unpaired) electrons. The Morgan fingerprint density at radius 1 is 1.40 bits per heavy atom. The number of rotatable bonds is 2. The minimum atomic E-state index is -2.25. The summed E-state index contributed by atoms with van der Waals surface area (Å²) in [6.45, 7) is -2.25. The van der Waals surface area contributed by atoms with Gasteiger partial charge in [-0.3, -0.25) is 14.5 Å². The van der Waals surface area contributed by atoms with Gasteiger partial charge in [0, 0.05) is 11.2 Å². The van der Waals surface area contributed by atoms with Crippen molar-refractivity contribution in [3.63, 3.8) is 0 Å². The molecule has 2 N–H and O–H groups in total. The molecule has 0 rings (SSSR count). The Hall–Kier alpha value is -0.320. The van der Waals surface area contributed by atoms with Crippen molar-refractivity contribution in [2.45, 2.75) is 0 Å². The van der Waals surface area contributed by atoms with E-state index in [1.165, 1.54) is 7.05 Å². The number of nitrogens with two attached hydrogens (primary N) is 1. The molecule has 0 saturated carbocycles. The summed E-state index contributed by atoms with van der Waals surface area (Å²) in [5.74, 6) is 0. The molecule has 0 aliphatic rings. The lowest BCUT2D eigenvalue weighted by atomic mass is 11.0. The van der Waals surface area contributed by atoms with Crippen LogP contribution in [0.1, 0.15) is 4.11 Å². The van der Waals surface area contributed by atoms with E-state index >= 15 is 0 Å². The number of imide groups is 1. The largest absolute Gasteiger partial charge is 0.333 e. The van der Waals surface area contributed by atoms with Crippen molar-refractivity contribution in [2.24, 2.45) is 5.73 Å². The molecular formula is C4H12Cl2N2O2. The van der Waals surface area contributed by atoms with E-state index in [0.29, 0.717) is 12.8 Å². The molecule has 10 heavy (non-hydrogen) atoms. The third-order valence-corrected chi connectivity index (χ3v) is 0.333. The fourth-order valence-electron chi connectivity index (χ4n) is 0.0248. The van der Waals surface area contributed by atoms with E-state index in [0.717, 1.165) is 4.90 Å². The van der Waals surface area contributed by atoms with Gasteiger partial charge in [-0.1, -0.05) is 0 Å². The van der Waals surface area contributed by atoms with E-state index in [4.69, 9.17) is 4.11 Å². The Balaban J connectivity index is -0.0000000546. The third-order valence-electron chi connectivity index (χ3n) is 0.333. The first kappa shape index (κ1) is 9.68. The van der Waals surface area contributed by atoms with Crippen molar-refractivity contribution in [1.29, 1.82) is 0 Å². The molecular weight excluding hydrogens is 179 g/mol. The van der Waals surface area contributed by atoms with Crippen LogP contribution in [0.15, 0.2) is 0 Å². The van der Waals surface area contributed by atoms with Gasteiger partial charge in [0.2, 0.25) is 12.8 Å². The highest BCUT2D eigenvalue weighted by molar-refractivity contribution is 5.85. The predicted octanol–water partition coefficient (Wildman–Crippen LogP) is -0.351. The maximum absolute atomic E-state index is 9.43. The summed E-state index contributed by atoms with van der Waals surface area (Å²) >= 11 is 0. The van der Waals surface area contributed by atoms with Gasteiger partial charge in [-0.25, -0.2) is 0 Å². The lowest BCUT2D eigenvalue weighted by molar-refractivity contribution is -0.127. The Kier molecular flexibility index (Phi) is 22.6. The number of carbonyl (C=O) groups excluding carboxylic acids is 2. The fourth-order valence-corrected chi connectivity index (χ4v) is 0.0248. The van der Waals surface area contributed by atoms with Crippen molar-refractivity contribution in [3.8, 4) is 0 Å². The molecule has 0 fully saturated rings. The molecule has 0 aliphatic carbocycles. The summed E-state index contributed by atoms with van der Waals surface area (Å²) in [6, 6.07) is 0. The topological polar surface area (TPSA) is 63.4 Å². The van der Waals surface area contributed by atoms with Gasteiger partial charge in [-0.15, -0.1) is 24.8 Å². The zero-order chi connectivity index (χ0) is 9.49. The maximum Gasteiger partial charge on any atom is 0.215 e. The second-order valence-electron chi connectivity index (χ2n) is 0.876. The van der Waals surface area contributed by atoms with Crippen LogP contribution in [0, 0.1) is 0 Å². The van der Waals surface area contributed by atoms with Gasteiger partial charge in [-0.05, 0) is 6.98 Å². The van der Waals surface area contributed by atoms with E-state index in [2.05, 4.69) is 5.73 Å². The molecule has 64 valence electrons. The van der Waals surface area contributed by atoms with Gasteiger partial charge in [0.15, 0.2) is 0 Å². The van der Waals surface area contributed by atoms with Gasteiger partial charge in [0.25, 0.3) is 0 Å². The molecule has 6 heteroatoms. The SMILES string of the molecule is CN(C=O)C=O.Cl.Cl.[2H]C([2H])([2H])N. The molecule has 0 spiro atoms.